The summed E-state index contributed by atoms with van der Waals surface area (Å²) in [4.78, 5) is 0. The maximum absolute atomic E-state index is 8.25. The van der Waals surface area contributed by atoms with Gasteiger partial charge in [-0.3, -0.25) is 0 Å². The van der Waals surface area contributed by atoms with Crippen molar-refractivity contribution >= 4 is 23.8 Å². The molecule has 124 valence electrons. The van der Waals surface area contributed by atoms with Crippen LogP contribution < -0.4 is 34.7 Å². The Kier molecular flexibility index (Phi) is 17.9. The van der Waals surface area contributed by atoms with Crippen molar-refractivity contribution < 1.29 is 39.4 Å². The molecule has 2 aromatic carbocycles. The Balaban J connectivity index is 0. The molecule has 0 unspecified atom stereocenters. The normalized spacial score (nSPS) is 8.50. The molecule has 0 spiro atoms. The first-order chi connectivity index (χ1) is 11.2. The summed E-state index contributed by atoms with van der Waals surface area (Å²) in [6.45, 7) is 8.01. The molecule has 0 N–H and O–H groups in total. The van der Waals surface area contributed by atoms with E-state index in [9.17, 15) is 0 Å². The average Bonchev–Trinajstić information content (AvgIpc) is 2.65. The topological polar surface area (TPSA) is 32.3 Å². The number of benzene rings is 2. The Morgan fingerprint density at radius 3 is 1.54 bits per heavy atom. The quantitative estimate of drug-likeness (QED) is 0.602. The van der Waals surface area contributed by atoms with Crippen molar-refractivity contribution in [3.8, 4) is 0 Å². The van der Waals surface area contributed by atoms with Gasteiger partial charge in [0.1, 0.15) is 0 Å². The van der Waals surface area contributed by atoms with E-state index in [-0.39, 0.29) is 29.6 Å². The summed E-state index contributed by atoms with van der Waals surface area (Å²) in [6.07, 6.45) is 3.65. The molecule has 0 fully saturated rings. The van der Waals surface area contributed by atoms with Crippen LogP contribution >= 0.6 is 11.6 Å². The standard InChI is InChI=1S/C10H12O.C9H9Cl.CH3O.Na/c1-3-9-4-6-10(7-5-9)8-11-2;1-2-8-3-5-9(7-10)6-4-8;1-2;/h3-7H,1,8H2,2H3;2-6H,1,7H2;1H3;/q;;-1;+1. The van der Waals surface area contributed by atoms with Crippen LogP contribution in [0.4, 0.5) is 0 Å². The summed E-state index contributed by atoms with van der Waals surface area (Å²) in [6, 6.07) is 16.2. The van der Waals surface area contributed by atoms with Crippen LogP contribution in [0, 0.1) is 0 Å². The zero-order valence-electron chi connectivity index (χ0n) is 14.8. The fourth-order valence-corrected chi connectivity index (χ4v) is 1.84. The molecule has 0 aromatic heterocycles. The van der Waals surface area contributed by atoms with Crippen molar-refractivity contribution in [2.24, 2.45) is 0 Å². The molecule has 0 bridgehead atoms. The Labute approximate surface area is 173 Å². The zero-order valence-corrected chi connectivity index (χ0v) is 17.6. The van der Waals surface area contributed by atoms with E-state index in [4.69, 9.17) is 21.4 Å². The molecule has 0 atom stereocenters. The van der Waals surface area contributed by atoms with Crippen LogP contribution in [0.3, 0.4) is 0 Å². The number of rotatable bonds is 5. The van der Waals surface area contributed by atoms with Gasteiger partial charge in [-0.15, -0.1) is 11.6 Å². The summed E-state index contributed by atoms with van der Waals surface area (Å²) in [5.74, 6) is 0.581. The van der Waals surface area contributed by atoms with Crippen molar-refractivity contribution in [1.82, 2.24) is 0 Å². The van der Waals surface area contributed by atoms with E-state index in [1.165, 1.54) is 5.56 Å². The van der Waals surface area contributed by atoms with Gasteiger partial charge in [0.15, 0.2) is 0 Å². The maximum atomic E-state index is 8.25. The summed E-state index contributed by atoms with van der Waals surface area (Å²) in [5, 5.41) is 8.25. The number of alkyl halides is 1. The Bertz CT molecular complexity index is 551. The SMILES string of the molecule is C=Cc1ccc(CCl)cc1.C=Cc1ccc(COC)cc1.C[O-].[Na+]. The third kappa shape index (κ3) is 10.8. The Morgan fingerprint density at radius 1 is 0.875 bits per heavy atom. The first kappa shape index (κ1) is 25.4. The van der Waals surface area contributed by atoms with Gasteiger partial charge in [-0.25, -0.2) is 0 Å². The minimum Gasteiger partial charge on any atom is -0.857 e. The predicted octanol–water partition coefficient (Wildman–Crippen LogP) is 1.52. The van der Waals surface area contributed by atoms with E-state index >= 15 is 0 Å². The monoisotopic (exact) mass is 354 g/mol. The first-order valence-corrected chi connectivity index (χ1v) is 7.65. The van der Waals surface area contributed by atoms with E-state index in [0.29, 0.717) is 12.5 Å². The van der Waals surface area contributed by atoms with Crippen LogP contribution in [0.1, 0.15) is 22.3 Å². The molecule has 0 radical (unpaired) electrons. The van der Waals surface area contributed by atoms with E-state index < -0.39 is 0 Å². The van der Waals surface area contributed by atoms with Crippen LogP contribution in [0.5, 0.6) is 0 Å². The van der Waals surface area contributed by atoms with Gasteiger partial charge in [0.2, 0.25) is 0 Å². The van der Waals surface area contributed by atoms with Crippen molar-refractivity contribution in [3.63, 3.8) is 0 Å². The van der Waals surface area contributed by atoms with Crippen LogP contribution in [-0.4, -0.2) is 14.2 Å². The summed E-state index contributed by atoms with van der Waals surface area (Å²) >= 11 is 5.60. The molecule has 0 saturated heterocycles. The minimum absolute atomic E-state index is 0. The van der Waals surface area contributed by atoms with Gasteiger partial charge in [0.25, 0.3) is 0 Å². The third-order valence-corrected chi connectivity index (χ3v) is 3.20. The van der Waals surface area contributed by atoms with Crippen LogP contribution in [-0.2, 0) is 17.2 Å². The Morgan fingerprint density at radius 2 is 1.25 bits per heavy atom. The molecular formula is C20H24ClNaO2. The van der Waals surface area contributed by atoms with Gasteiger partial charge in [-0.05, 0) is 22.3 Å². The number of hydrogen-bond acceptors (Lipinski definition) is 2. The maximum Gasteiger partial charge on any atom is 1.00 e. The fraction of sp³-hybridized carbons (Fsp3) is 0.200. The van der Waals surface area contributed by atoms with E-state index in [1.54, 1.807) is 7.11 Å². The number of methoxy groups -OCH3 is 1. The second kappa shape index (κ2) is 17.0. The molecule has 0 amide bonds. The van der Waals surface area contributed by atoms with Crippen LogP contribution in [0.2, 0.25) is 0 Å². The van der Waals surface area contributed by atoms with Gasteiger partial charge in [-0.2, -0.15) is 7.11 Å². The van der Waals surface area contributed by atoms with Crippen molar-refractivity contribution in [2.45, 2.75) is 12.5 Å². The first-order valence-electron chi connectivity index (χ1n) is 7.12. The van der Waals surface area contributed by atoms with Gasteiger partial charge in [-0.1, -0.05) is 73.8 Å². The second-order valence-corrected chi connectivity index (χ2v) is 4.73. The number of halogens is 1. The number of ether oxygens (including phenoxy) is 1. The third-order valence-electron chi connectivity index (χ3n) is 2.90. The largest absolute Gasteiger partial charge is 1.00 e. The van der Waals surface area contributed by atoms with Crippen molar-refractivity contribution in [1.29, 1.82) is 0 Å². The summed E-state index contributed by atoms with van der Waals surface area (Å²) in [5.41, 5.74) is 4.61. The molecule has 4 heteroatoms. The van der Waals surface area contributed by atoms with Gasteiger partial charge in [0, 0.05) is 13.0 Å². The smallest absolute Gasteiger partial charge is 0.857 e. The van der Waals surface area contributed by atoms with Crippen molar-refractivity contribution in [3.05, 3.63) is 83.9 Å². The molecule has 2 rings (SSSR count). The van der Waals surface area contributed by atoms with Crippen LogP contribution in [0.15, 0.2) is 61.7 Å². The molecule has 24 heavy (non-hydrogen) atoms. The summed E-state index contributed by atoms with van der Waals surface area (Å²) in [7, 11) is 2.45. The van der Waals surface area contributed by atoms with Gasteiger partial charge >= 0.3 is 29.6 Å². The molecule has 2 nitrogen and oxygen atoms in total. The number of hydrogen-bond donors (Lipinski definition) is 0. The fourth-order valence-electron chi connectivity index (χ4n) is 1.66. The van der Waals surface area contributed by atoms with E-state index in [2.05, 4.69) is 13.2 Å². The summed E-state index contributed by atoms with van der Waals surface area (Å²) < 4.78 is 4.98. The van der Waals surface area contributed by atoms with E-state index in [0.717, 1.165) is 23.8 Å². The Hall–Kier alpha value is -0.870. The van der Waals surface area contributed by atoms with Crippen LogP contribution in [0.25, 0.3) is 12.2 Å². The molecule has 0 aliphatic rings. The molecule has 0 heterocycles. The van der Waals surface area contributed by atoms with E-state index in [1.807, 2.05) is 60.7 Å². The van der Waals surface area contributed by atoms with Gasteiger partial charge in [0.05, 0.1) is 6.61 Å². The van der Waals surface area contributed by atoms with Crippen molar-refractivity contribution in [2.75, 3.05) is 14.2 Å². The molecule has 0 aliphatic carbocycles. The molecule has 0 aliphatic heterocycles. The predicted molar refractivity (Wildman–Crippen MR) is 99.3 cm³/mol. The average molecular weight is 355 g/mol. The zero-order chi connectivity index (χ0) is 17.5. The molecule has 2 aromatic rings. The molecule has 0 saturated carbocycles. The second-order valence-electron chi connectivity index (χ2n) is 4.46. The van der Waals surface area contributed by atoms with Gasteiger partial charge < -0.3 is 9.84 Å². The molecular weight excluding hydrogens is 331 g/mol. The minimum atomic E-state index is 0.